The molecule has 0 fully saturated rings. The summed E-state index contributed by atoms with van der Waals surface area (Å²) < 4.78 is 30.5. The lowest BCUT2D eigenvalue weighted by Crippen LogP contribution is -2.22. The Labute approximate surface area is 142 Å². The third kappa shape index (κ3) is 5.18. The molecule has 0 aliphatic heterocycles. The van der Waals surface area contributed by atoms with Crippen LogP contribution in [0.4, 0.5) is 0 Å². The van der Waals surface area contributed by atoms with E-state index < -0.39 is 16.6 Å². The van der Waals surface area contributed by atoms with Gasteiger partial charge in [-0.15, -0.1) is 0 Å². The Morgan fingerprint density at radius 2 is 1.61 bits per heavy atom. The van der Waals surface area contributed by atoms with Crippen LogP contribution in [0.3, 0.4) is 0 Å². The predicted molar refractivity (Wildman–Crippen MR) is 99.9 cm³/mol. The second kappa shape index (κ2) is 7.97. The van der Waals surface area contributed by atoms with Gasteiger partial charge in [-0.05, 0) is 57.0 Å². The lowest BCUT2D eigenvalue weighted by molar-refractivity contribution is 0.229. The van der Waals surface area contributed by atoms with Gasteiger partial charge in [-0.3, -0.25) is 4.57 Å². The Kier molecular flexibility index (Phi) is 7.08. The van der Waals surface area contributed by atoms with Crippen molar-refractivity contribution in [2.45, 2.75) is 60.1 Å². The second-order valence-corrected chi connectivity index (χ2v) is 11.2. The standard InChI is InChI=1S/C17H31O4PSi/c1-9-19-22(18,20-10-2)16-12-14(17(4,5)6)11-15(13(16)3)21-23(7)8/h11-12,23H,9-10H2,1-8H3. The van der Waals surface area contributed by atoms with E-state index in [-0.39, 0.29) is 5.41 Å². The fraction of sp³-hybridized carbons (Fsp3) is 0.647. The maximum atomic E-state index is 13.3. The molecular weight excluding hydrogens is 327 g/mol. The Hall–Kier alpha value is -0.613. The molecule has 0 heterocycles. The minimum atomic E-state index is -3.34. The fourth-order valence-corrected chi connectivity index (χ4v) is 4.89. The summed E-state index contributed by atoms with van der Waals surface area (Å²) in [4.78, 5) is 0. The van der Waals surface area contributed by atoms with Crippen LogP contribution in [-0.2, 0) is 19.0 Å². The molecule has 0 amide bonds. The molecule has 0 atom stereocenters. The first kappa shape index (κ1) is 20.4. The van der Waals surface area contributed by atoms with Crippen LogP contribution in [0.2, 0.25) is 13.1 Å². The quantitative estimate of drug-likeness (QED) is 0.530. The van der Waals surface area contributed by atoms with E-state index in [1.165, 1.54) is 0 Å². The maximum Gasteiger partial charge on any atom is 0.361 e. The highest BCUT2D eigenvalue weighted by Crippen LogP contribution is 2.49. The highest BCUT2D eigenvalue weighted by Gasteiger charge is 2.32. The molecule has 1 aromatic carbocycles. The minimum Gasteiger partial charge on any atom is -0.547 e. The second-order valence-electron chi connectivity index (χ2n) is 6.87. The van der Waals surface area contributed by atoms with E-state index in [1.807, 2.05) is 26.8 Å². The normalized spacial score (nSPS) is 12.7. The molecule has 132 valence electrons. The van der Waals surface area contributed by atoms with Gasteiger partial charge < -0.3 is 13.5 Å². The van der Waals surface area contributed by atoms with Gasteiger partial charge in [0.15, 0.2) is 0 Å². The molecule has 0 saturated heterocycles. The van der Waals surface area contributed by atoms with Crippen LogP contribution in [0.25, 0.3) is 0 Å². The van der Waals surface area contributed by atoms with Gasteiger partial charge in [0.2, 0.25) is 9.04 Å². The minimum absolute atomic E-state index is 0.0810. The van der Waals surface area contributed by atoms with Crippen LogP contribution in [0.5, 0.6) is 5.75 Å². The summed E-state index contributed by atoms with van der Waals surface area (Å²) in [6.07, 6.45) is 0. The Morgan fingerprint density at radius 1 is 1.09 bits per heavy atom. The number of hydrogen-bond donors (Lipinski definition) is 0. The molecule has 1 aromatic rings. The molecule has 0 aromatic heterocycles. The molecule has 4 nitrogen and oxygen atoms in total. The highest BCUT2D eigenvalue weighted by molar-refractivity contribution is 7.62. The zero-order chi connectivity index (χ0) is 17.8. The Bertz CT molecular complexity index is 569. The van der Waals surface area contributed by atoms with Gasteiger partial charge in [-0.2, -0.15) is 0 Å². The first-order valence-electron chi connectivity index (χ1n) is 8.26. The van der Waals surface area contributed by atoms with E-state index in [0.717, 1.165) is 16.9 Å². The van der Waals surface area contributed by atoms with E-state index in [0.29, 0.717) is 18.5 Å². The van der Waals surface area contributed by atoms with Gasteiger partial charge >= 0.3 is 7.60 Å². The number of rotatable bonds is 7. The van der Waals surface area contributed by atoms with Crippen molar-refractivity contribution in [2.24, 2.45) is 0 Å². The fourth-order valence-electron chi connectivity index (χ4n) is 2.28. The van der Waals surface area contributed by atoms with Gasteiger partial charge in [0, 0.05) is 5.56 Å². The van der Waals surface area contributed by atoms with Crippen molar-refractivity contribution in [3.05, 3.63) is 23.3 Å². The maximum absolute atomic E-state index is 13.3. The predicted octanol–water partition coefficient (Wildman–Crippen LogP) is 4.55. The first-order chi connectivity index (χ1) is 10.5. The number of hydrogen-bond acceptors (Lipinski definition) is 4. The molecule has 0 aliphatic carbocycles. The SMILES string of the molecule is CCOP(=O)(OCC)c1cc(C(C)(C)C)cc(O[SiH](C)C)c1C. The van der Waals surface area contributed by atoms with Crippen LogP contribution in [-0.4, -0.2) is 22.3 Å². The van der Waals surface area contributed by atoms with Crippen molar-refractivity contribution in [3.8, 4) is 5.75 Å². The smallest absolute Gasteiger partial charge is 0.361 e. The van der Waals surface area contributed by atoms with Crippen molar-refractivity contribution in [1.82, 2.24) is 0 Å². The summed E-state index contributed by atoms with van der Waals surface area (Å²) in [6, 6.07) is 4.02. The molecule has 0 bridgehead atoms. The average Bonchev–Trinajstić information content (AvgIpc) is 2.39. The van der Waals surface area contributed by atoms with Crippen molar-refractivity contribution in [1.29, 1.82) is 0 Å². The summed E-state index contributed by atoms with van der Waals surface area (Å²) in [7, 11) is -4.62. The zero-order valence-corrected chi connectivity index (χ0v) is 17.8. The van der Waals surface area contributed by atoms with E-state index in [4.69, 9.17) is 13.5 Å². The molecular formula is C17H31O4PSi. The highest BCUT2D eigenvalue weighted by atomic mass is 31.2. The zero-order valence-electron chi connectivity index (χ0n) is 15.7. The first-order valence-corrected chi connectivity index (χ1v) is 12.6. The van der Waals surface area contributed by atoms with Gasteiger partial charge in [0.25, 0.3) is 0 Å². The molecule has 0 unspecified atom stereocenters. The largest absolute Gasteiger partial charge is 0.547 e. The number of benzene rings is 1. The van der Waals surface area contributed by atoms with Gasteiger partial charge in [-0.1, -0.05) is 20.8 Å². The molecule has 0 saturated carbocycles. The van der Waals surface area contributed by atoms with Crippen LogP contribution >= 0.6 is 7.60 Å². The van der Waals surface area contributed by atoms with Crippen molar-refractivity contribution in [3.63, 3.8) is 0 Å². The summed E-state index contributed by atoms with van der Waals surface area (Å²) in [5.74, 6) is 0.800. The topological polar surface area (TPSA) is 44.8 Å². The van der Waals surface area contributed by atoms with E-state index in [2.05, 4.69) is 39.9 Å². The summed E-state index contributed by atoms with van der Waals surface area (Å²) in [5, 5.41) is 0.623. The average molecular weight is 358 g/mol. The van der Waals surface area contributed by atoms with E-state index in [1.54, 1.807) is 0 Å². The van der Waals surface area contributed by atoms with Gasteiger partial charge in [-0.25, -0.2) is 0 Å². The summed E-state index contributed by atoms with van der Waals surface area (Å²) >= 11 is 0. The van der Waals surface area contributed by atoms with Crippen molar-refractivity contribution in [2.75, 3.05) is 13.2 Å². The third-order valence-electron chi connectivity index (χ3n) is 3.45. The molecule has 23 heavy (non-hydrogen) atoms. The van der Waals surface area contributed by atoms with E-state index >= 15 is 0 Å². The molecule has 6 heteroatoms. The lowest BCUT2D eigenvalue weighted by Gasteiger charge is -2.26. The summed E-state index contributed by atoms with van der Waals surface area (Å²) in [5.41, 5.74) is 1.84. The lowest BCUT2D eigenvalue weighted by atomic mass is 9.86. The molecule has 0 radical (unpaired) electrons. The van der Waals surface area contributed by atoms with Crippen LogP contribution in [0.15, 0.2) is 12.1 Å². The van der Waals surface area contributed by atoms with Crippen molar-refractivity contribution >= 4 is 21.9 Å². The van der Waals surface area contributed by atoms with Gasteiger partial charge in [0.1, 0.15) is 5.75 Å². The van der Waals surface area contributed by atoms with Crippen LogP contribution in [0, 0.1) is 6.92 Å². The van der Waals surface area contributed by atoms with Gasteiger partial charge in [0.05, 0.1) is 18.5 Å². The molecule has 0 spiro atoms. The molecule has 1 rings (SSSR count). The summed E-state index contributed by atoms with van der Waals surface area (Å²) in [6.45, 7) is 16.9. The Morgan fingerprint density at radius 3 is 2.00 bits per heavy atom. The van der Waals surface area contributed by atoms with Crippen LogP contribution < -0.4 is 9.73 Å². The van der Waals surface area contributed by atoms with E-state index in [9.17, 15) is 4.57 Å². The molecule has 0 N–H and O–H groups in total. The monoisotopic (exact) mass is 358 g/mol. The third-order valence-corrected chi connectivity index (χ3v) is 6.43. The van der Waals surface area contributed by atoms with Crippen molar-refractivity contribution < 1.29 is 18.0 Å². The Balaban J connectivity index is 3.58. The molecule has 0 aliphatic rings. The van der Waals surface area contributed by atoms with Crippen LogP contribution in [0.1, 0.15) is 45.7 Å².